The molecule has 0 bridgehead atoms. The average Bonchev–Trinajstić information content (AvgIpc) is 3.12. The minimum Gasteiger partial charge on any atom is -0.378 e. The van der Waals surface area contributed by atoms with Crippen LogP contribution in [0.25, 0.3) is 10.9 Å². The topological polar surface area (TPSA) is 47.5 Å². The molecule has 0 unspecified atom stereocenters. The van der Waals surface area contributed by atoms with E-state index in [9.17, 15) is 0 Å². The van der Waals surface area contributed by atoms with Gasteiger partial charge in [-0.1, -0.05) is 30.3 Å². The molecule has 29 heavy (non-hydrogen) atoms. The zero-order chi connectivity index (χ0) is 20.8. The van der Waals surface area contributed by atoms with Gasteiger partial charge in [-0.05, 0) is 41.5 Å². The molecule has 1 heterocycles. The molecule has 2 aromatic carbocycles. The van der Waals surface area contributed by atoms with Crippen molar-refractivity contribution in [3.05, 3.63) is 65.9 Å². The lowest BCUT2D eigenvalue weighted by Crippen LogP contribution is -3.06. The number of H-pyrrole nitrogens is 1. The number of hydrogen-bond donors (Lipinski definition) is 4. The number of fused-ring (bicyclic) bond motifs is 1. The number of aromatic amines is 1. The zero-order valence-electron chi connectivity index (χ0n) is 17.8. The van der Waals surface area contributed by atoms with Crippen molar-refractivity contribution in [2.75, 3.05) is 52.7 Å². The maximum absolute atomic E-state index is 5.51. The number of nitrogens with one attached hydrogen (secondary N) is 4. The Morgan fingerprint density at radius 1 is 1.07 bits per heavy atom. The van der Waals surface area contributed by atoms with E-state index in [4.69, 9.17) is 12.2 Å². The Morgan fingerprint density at radius 3 is 2.48 bits per heavy atom. The van der Waals surface area contributed by atoms with Gasteiger partial charge in [0.2, 0.25) is 0 Å². The van der Waals surface area contributed by atoms with E-state index in [0.29, 0.717) is 5.11 Å². The summed E-state index contributed by atoms with van der Waals surface area (Å²) >= 11 is 5.51. The predicted octanol–water partition coefficient (Wildman–Crippen LogP) is 1.97. The first kappa shape index (κ1) is 21.1. The summed E-state index contributed by atoms with van der Waals surface area (Å²) < 4.78 is 0. The summed E-state index contributed by atoms with van der Waals surface area (Å²) in [4.78, 5) is 6.94. The molecule has 0 fully saturated rings. The molecule has 0 amide bonds. The van der Waals surface area contributed by atoms with E-state index in [1.54, 1.807) is 0 Å². The van der Waals surface area contributed by atoms with Crippen LogP contribution in [0.1, 0.15) is 17.0 Å². The molecule has 3 aromatic rings. The van der Waals surface area contributed by atoms with Crippen molar-refractivity contribution in [1.29, 1.82) is 0 Å². The Balaban J connectivity index is 1.81. The van der Waals surface area contributed by atoms with Crippen LogP contribution in [0, 0.1) is 0 Å². The fourth-order valence-corrected chi connectivity index (χ4v) is 3.66. The van der Waals surface area contributed by atoms with Crippen molar-refractivity contribution in [1.82, 2.24) is 15.6 Å². The van der Waals surface area contributed by atoms with Crippen molar-refractivity contribution in [3.8, 4) is 0 Å². The van der Waals surface area contributed by atoms with E-state index in [2.05, 4.69) is 103 Å². The SMILES string of the molecule is CN(C)c1ccc([C@H](CNC(=S)NCC[NH+](C)C)c2c[nH]c3ccccc23)cc1. The second-order valence-corrected chi connectivity index (χ2v) is 8.33. The molecular formula is C23H32N5S+. The Morgan fingerprint density at radius 2 is 1.79 bits per heavy atom. The summed E-state index contributed by atoms with van der Waals surface area (Å²) in [6.07, 6.45) is 2.13. The summed E-state index contributed by atoms with van der Waals surface area (Å²) in [5.74, 6) is 0.196. The van der Waals surface area contributed by atoms with E-state index in [-0.39, 0.29) is 5.92 Å². The predicted molar refractivity (Wildman–Crippen MR) is 127 cm³/mol. The van der Waals surface area contributed by atoms with Gasteiger partial charge in [-0.3, -0.25) is 0 Å². The molecule has 0 spiro atoms. The van der Waals surface area contributed by atoms with Crippen molar-refractivity contribution >= 4 is 33.9 Å². The summed E-state index contributed by atoms with van der Waals surface area (Å²) in [7, 11) is 8.41. The molecule has 0 saturated carbocycles. The molecule has 0 radical (unpaired) electrons. The van der Waals surface area contributed by atoms with E-state index >= 15 is 0 Å². The highest BCUT2D eigenvalue weighted by molar-refractivity contribution is 7.80. The third-order valence-corrected chi connectivity index (χ3v) is 5.47. The number of thiocarbonyl (C=S) groups is 1. The molecule has 4 N–H and O–H groups in total. The lowest BCUT2D eigenvalue weighted by Gasteiger charge is -2.21. The molecule has 0 saturated heterocycles. The molecule has 154 valence electrons. The summed E-state index contributed by atoms with van der Waals surface area (Å²) in [5.41, 5.74) is 4.91. The van der Waals surface area contributed by atoms with Crippen LogP contribution in [-0.2, 0) is 0 Å². The first-order valence-corrected chi connectivity index (χ1v) is 10.5. The molecule has 5 nitrogen and oxygen atoms in total. The molecule has 0 aliphatic rings. The van der Waals surface area contributed by atoms with Crippen molar-refractivity contribution in [2.45, 2.75) is 5.92 Å². The number of benzene rings is 2. The lowest BCUT2D eigenvalue weighted by atomic mass is 9.90. The van der Waals surface area contributed by atoms with Crippen LogP contribution in [-0.4, -0.2) is 57.9 Å². The highest BCUT2D eigenvalue weighted by Gasteiger charge is 2.18. The smallest absolute Gasteiger partial charge is 0.166 e. The molecule has 3 rings (SSSR count). The number of hydrogen-bond acceptors (Lipinski definition) is 2. The van der Waals surface area contributed by atoms with Crippen LogP contribution in [0.3, 0.4) is 0 Å². The van der Waals surface area contributed by atoms with Crippen LogP contribution in [0.2, 0.25) is 0 Å². The van der Waals surface area contributed by atoms with Gasteiger partial charge in [0, 0.05) is 49.3 Å². The fourth-order valence-electron chi connectivity index (χ4n) is 3.48. The van der Waals surface area contributed by atoms with Crippen molar-refractivity contribution in [2.24, 2.45) is 0 Å². The number of quaternary nitrogens is 1. The second-order valence-electron chi connectivity index (χ2n) is 7.92. The third kappa shape index (κ3) is 5.49. The van der Waals surface area contributed by atoms with Gasteiger partial charge in [-0.2, -0.15) is 0 Å². The Hall–Kier alpha value is -2.57. The first-order valence-electron chi connectivity index (χ1n) is 10.1. The number of likely N-dealkylation sites (N-methyl/N-ethyl adjacent to an activating group) is 1. The van der Waals surface area contributed by atoms with E-state index in [0.717, 1.165) is 25.2 Å². The monoisotopic (exact) mass is 410 g/mol. The van der Waals surface area contributed by atoms with Gasteiger partial charge in [0.05, 0.1) is 27.2 Å². The molecule has 1 aromatic heterocycles. The van der Waals surface area contributed by atoms with Gasteiger partial charge in [-0.25, -0.2) is 0 Å². The number of aromatic nitrogens is 1. The molecule has 0 aliphatic heterocycles. The van der Waals surface area contributed by atoms with Crippen LogP contribution in [0.15, 0.2) is 54.7 Å². The standard InChI is InChI=1S/C23H31N5S/c1-27(2)14-13-24-23(29)26-15-20(17-9-11-18(12-10-17)28(3)4)21-16-25-22-8-6-5-7-19(21)22/h5-12,16,20,25H,13-15H2,1-4H3,(H2,24,26,29)/p+1/t20-/m0/s1. The minimum atomic E-state index is 0.196. The molecule has 0 aliphatic carbocycles. The van der Waals surface area contributed by atoms with Gasteiger partial charge >= 0.3 is 0 Å². The van der Waals surface area contributed by atoms with Crippen LogP contribution < -0.4 is 20.4 Å². The van der Waals surface area contributed by atoms with Crippen LogP contribution in [0.4, 0.5) is 5.69 Å². The van der Waals surface area contributed by atoms with Crippen molar-refractivity contribution in [3.63, 3.8) is 0 Å². The minimum absolute atomic E-state index is 0.196. The fraction of sp³-hybridized carbons (Fsp3) is 0.348. The number of para-hydroxylation sites is 1. The van der Waals surface area contributed by atoms with Crippen molar-refractivity contribution < 1.29 is 4.90 Å². The highest BCUT2D eigenvalue weighted by atomic mass is 32.1. The normalized spacial score (nSPS) is 12.2. The quantitative estimate of drug-likeness (QED) is 0.429. The molecule has 6 heteroatoms. The van der Waals surface area contributed by atoms with Gasteiger partial charge in [0.25, 0.3) is 0 Å². The average molecular weight is 411 g/mol. The Bertz CT molecular complexity index is 930. The number of anilines is 1. The summed E-state index contributed by atoms with van der Waals surface area (Å²) in [6, 6.07) is 17.2. The molecular weight excluding hydrogens is 378 g/mol. The van der Waals surface area contributed by atoms with Crippen LogP contribution in [0.5, 0.6) is 0 Å². The lowest BCUT2D eigenvalue weighted by molar-refractivity contribution is -0.856. The maximum atomic E-state index is 5.51. The Kier molecular flexibility index (Phi) is 7.12. The maximum Gasteiger partial charge on any atom is 0.166 e. The molecule has 1 atom stereocenters. The van der Waals surface area contributed by atoms with Gasteiger partial charge in [-0.15, -0.1) is 0 Å². The number of nitrogens with zero attached hydrogens (tertiary/aromatic N) is 1. The highest BCUT2D eigenvalue weighted by Crippen LogP contribution is 2.31. The van der Waals surface area contributed by atoms with Crippen LogP contribution >= 0.6 is 12.2 Å². The van der Waals surface area contributed by atoms with Gasteiger partial charge in [0.1, 0.15) is 0 Å². The summed E-state index contributed by atoms with van der Waals surface area (Å²) in [6.45, 7) is 2.63. The zero-order valence-corrected chi connectivity index (χ0v) is 18.6. The summed E-state index contributed by atoms with van der Waals surface area (Å²) in [5, 5.41) is 8.71. The second kappa shape index (κ2) is 9.76. The Labute approximate surface area is 179 Å². The van der Waals surface area contributed by atoms with Gasteiger partial charge in [0.15, 0.2) is 5.11 Å². The van der Waals surface area contributed by atoms with E-state index < -0.39 is 0 Å². The first-order chi connectivity index (χ1) is 14.0. The van der Waals surface area contributed by atoms with E-state index in [1.165, 1.54) is 27.1 Å². The largest absolute Gasteiger partial charge is 0.378 e. The number of rotatable bonds is 8. The third-order valence-electron chi connectivity index (χ3n) is 5.19. The van der Waals surface area contributed by atoms with E-state index in [1.807, 2.05) is 0 Å². The van der Waals surface area contributed by atoms with Gasteiger partial charge < -0.3 is 25.4 Å².